The van der Waals surface area contributed by atoms with Crippen molar-refractivity contribution < 1.29 is 27.5 Å². The third-order valence-corrected chi connectivity index (χ3v) is 6.53. The van der Waals surface area contributed by atoms with Crippen molar-refractivity contribution in [3.63, 3.8) is 0 Å². The van der Waals surface area contributed by atoms with Crippen molar-refractivity contribution in [3.05, 3.63) is 23.8 Å². The maximum Gasteiger partial charge on any atom is 0.340 e. The molecule has 0 saturated carbocycles. The van der Waals surface area contributed by atoms with E-state index < -0.39 is 16.0 Å². The standard InChI is InChI=1S/C20H29N3O6S/c1-13-11-23(12-14(2)29-13)19(24)15-6-8-22(9-7-15)18-5-4-16(30(21,26)27)10-17(18)20(25)28-3/h4-5,10,13-15H,6-9,11-12H2,1-3H3,(H2,21,26,27). The Labute approximate surface area is 177 Å². The highest BCUT2D eigenvalue weighted by molar-refractivity contribution is 7.89. The van der Waals surface area contributed by atoms with Crippen LogP contribution in [-0.2, 0) is 24.3 Å². The first-order chi connectivity index (χ1) is 14.1. The minimum absolute atomic E-state index is 0.0257. The molecule has 0 bridgehead atoms. The number of hydrogen-bond acceptors (Lipinski definition) is 7. The third kappa shape index (κ3) is 4.93. The van der Waals surface area contributed by atoms with E-state index in [-0.39, 0.29) is 34.5 Å². The summed E-state index contributed by atoms with van der Waals surface area (Å²) >= 11 is 0. The minimum Gasteiger partial charge on any atom is -0.465 e. The second kappa shape index (κ2) is 8.91. The van der Waals surface area contributed by atoms with Gasteiger partial charge in [0.25, 0.3) is 0 Å². The summed E-state index contributed by atoms with van der Waals surface area (Å²) in [4.78, 5) is 28.9. The number of morpholine rings is 1. The number of esters is 1. The maximum absolute atomic E-state index is 13.0. The number of sulfonamides is 1. The maximum atomic E-state index is 13.0. The topological polar surface area (TPSA) is 119 Å². The summed E-state index contributed by atoms with van der Waals surface area (Å²) in [6, 6.07) is 4.19. The Morgan fingerprint density at radius 3 is 2.27 bits per heavy atom. The average molecular weight is 440 g/mol. The van der Waals surface area contributed by atoms with Crippen molar-refractivity contribution in [1.29, 1.82) is 0 Å². The van der Waals surface area contributed by atoms with E-state index >= 15 is 0 Å². The zero-order valence-electron chi connectivity index (χ0n) is 17.5. The number of piperidine rings is 1. The molecule has 2 atom stereocenters. The van der Waals surface area contributed by atoms with Crippen LogP contribution in [0.15, 0.2) is 23.1 Å². The van der Waals surface area contributed by atoms with Gasteiger partial charge in [-0.05, 0) is 44.9 Å². The molecule has 0 aromatic heterocycles. The number of carbonyl (C=O) groups excluding carboxylic acids is 2. The zero-order valence-corrected chi connectivity index (χ0v) is 18.4. The highest BCUT2D eigenvalue weighted by atomic mass is 32.2. The lowest BCUT2D eigenvalue weighted by Crippen LogP contribution is -2.51. The molecule has 2 saturated heterocycles. The number of anilines is 1. The summed E-state index contributed by atoms with van der Waals surface area (Å²) in [7, 11) is -2.70. The predicted molar refractivity (Wildman–Crippen MR) is 111 cm³/mol. The van der Waals surface area contributed by atoms with E-state index in [0.29, 0.717) is 44.7 Å². The normalized spacial score (nSPS) is 23.3. The molecule has 166 valence electrons. The number of hydrogen-bond donors (Lipinski definition) is 1. The Hall–Kier alpha value is -2.17. The summed E-state index contributed by atoms with van der Waals surface area (Å²) in [5.74, 6) is -0.566. The lowest BCUT2D eigenvalue weighted by Gasteiger charge is -2.39. The highest BCUT2D eigenvalue weighted by Crippen LogP contribution is 2.30. The van der Waals surface area contributed by atoms with E-state index in [2.05, 4.69) is 0 Å². The Morgan fingerprint density at radius 2 is 1.73 bits per heavy atom. The Balaban J connectivity index is 1.73. The molecule has 1 amide bonds. The lowest BCUT2D eigenvalue weighted by molar-refractivity contribution is -0.148. The predicted octanol–water partition coefficient (Wildman–Crippen LogP) is 0.973. The molecule has 30 heavy (non-hydrogen) atoms. The van der Waals surface area contributed by atoms with Crippen LogP contribution in [0.5, 0.6) is 0 Å². The number of carbonyl (C=O) groups is 2. The average Bonchev–Trinajstić information content (AvgIpc) is 2.71. The van der Waals surface area contributed by atoms with Gasteiger partial charge in [0, 0.05) is 32.1 Å². The number of ether oxygens (including phenoxy) is 2. The van der Waals surface area contributed by atoms with Crippen LogP contribution in [0.2, 0.25) is 0 Å². The van der Waals surface area contributed by atoms with Gasteiger partial charge in [-0.25, -0.2) is 18.4 Å². The first-order valence-electron chi connectivity index (χ1n) is 10.0. The van der Waals surface area contributed by atoms with Gasteiger partial charge in [-0.2, -0.15) is 0 Å². The summed E-state index contributed by atoms with van der Waals surface area (Å²) in [6.45, 7) is 6.29. The van der Waals surface area contributed by atoms with Crippen molar-refractivity contribution in [2.45, 2.75) is 43.8 Å². The minimum atomic E-state index is -3.94. The van der Waals surface area contributed by atoms with Crippen LogP contribution in [0.25, 0.3) is 0 Å². The van der Waals surface area contributed by atoms with Crippen LogP contribution in [0.1, 0.15) is 37.0 Å². The van der Waals surface area contributed by atoms with Crippen LogP contribution in [0.4, 0.5) is 5.69 Å². The van der Waals surface area contributed by atoms with Crippen molar-refractivity contribution in [2.24, 2.45) is 11.1 Å². The van der Waals surface area contributed by atoms with Gasteiger partial charge in [0.15, 0.2) is 0 Å². The van der Waals surface area contributed by atoms with Gasteiger partial charge >= 0.3 is 5.97 Å². The number of benzene rings is 1. The van der Waals surface area contributed by atoms with Gasteiger partial charge < -0.3 is 19.3 Å². The molecule has 2 fully saturated rings. The Bertz CT molecular complexity index is 901. The van der Waals surface area contributed by atoms with E-state index in [1.807, 2.05) is 23.6 Å². The van der Waals surface area contributed by atoms with Crippen LogP contribution < -0.4 is 10.0 Å². The molecule has 3 rings (SSSR count). The molecule has 2 heterocycles. The monoisotopic (exact) mass is 439 g/mol. The van der Waals surface area contributed by atoms with Crippen LogP contribution >= 0.6 is 0 Å². The Morgan fingerprint density at radius 1 is 1.13 bits per heavy atom. The number of nitrogens with two attached hydrogens (primary N) is 1. The molecule has 2 unspecified atom stereocenters. The summed E-state index contributed by atoms with van der Waals surface area (Å²) in [5, 5.41) is 5.19. The van der Waals surface area contributed by atoms with E-state index in [0.717, 1.165) is 0 Å². The largest absolute Gasteiger partial charge is 0.465 e. The van der Waals surface area contributed by atoms with Crippen molar-refractivity contribution >= 4 is 27.6 Å². The van der Waals surface area contributed by atoms with E-state index in [4.69, 9.17) is 14.6 Å². The molecule has 0 radical (unpaired) electrons. The number of methoxy groups -OCH3 is 1. The quantitative estimate of drug-likeness (QED) is 0.694. The van der Waals surface area contributed by atoms with Crippen molar-refractivity contribution in [3.8, 4) is 0 Å². The molecule has 2 aliphatic heterocycles. The van der Waals surface area contributed by atoms with E-state index in [9.17, 15) is 18.0 Å². The molecule has 1 aromatic carbocycles. The van der Waals surface area contributed by atoms with E-state index in [1.54, 1.807) is 6.07 Å². The van der Waals surface area contributed by atoms with Crippen molar-refractivity contribution in [1.82, 2.24) is 4.90 Å². The number of primary sulfonamides is 1. The molecular formula is C20H29N3O6S. The number of nitrogens with zero attached hydrogens (tertiary/aromatic N) is 2. The first-order valence-corrected chi connectivity index (χ1v) is 11.6. The molecule has 0 aliphatic carbocycles. The van der Waals surface area contributed by atoms with Gasteiger partial charge in [-0.15, -0.1) is 0 Å². The van der Waals surface area contributed by atoms with Gasteiger partial charge in [-0.3, -0.25) is 4.79 Å². The Kier molecular flexibility index (Phi) is 6.68. The second-order valence-corrected chi connectivity index (χ2v) is 9.54. The summed E-state index contributed by atoms with van der Waals surface area (Å²) in [6.07, 6.45) is 1.35. The molecule has 10 heteroatoms. The fourth-order valence-corrected chi connectivity index (χ4v) is 4.76. The molecule has 9 nitrogen and oxygen atoms in total. The lowest BCUT2D eigenvalue weighted by atomic mass is 9.94. The van der Waals surface area contributed by atoms with Gasteiger partial charge in [0.05, 0.1) is 35.5 Å². The molecule has 2 N–H and O–H groups in total. The van der Waals surface area contributed by atoms with Gasteiger partial charge in [0.1, 0.15) is 0 Å². The highest BCUT2D eigenvalue weighted by Gasteiger charge is 2.33. The number of amides is 1. The van der Waals surface area contributed by atoms with Gasteiger partial charge in [0.2, 0.25) is 15.9 Å². The SMILES string of the molecule is COC(=O)c1cc(S(N)(=O)=O)ccc1N1CCC(C(=O)N2CC(C)OC(C)C2)CC1. The fraction of sp³-hybridized carbons (Fsp3) is 0.600. The molecular weight excluding hydrogens is 410 g/mol. The third-order valence-electron chi connectivity index (χ3n) is 5.62. The van der Waals surface area contributed by atoms with Crippen LogP contribution in [0, 0.1) is 5.92 Å². The molecule has 0 spiro atoms. The first kappa shape index (κ1) is 22.5. The van der Waals surface area contributed by atoms with E-state index in [1.165, 1.54) is 19.2 Å². The second-order valence-electron chi connectivity index (χ2n) is 7.98. The fourth-order valence-electron chi connectivity index (χ4n) is 4.22. The smallest absolute Gasteiger partial charge is 0.340 e. The van der Waals surface area contributed by atoms with Crippen molar-refractivity contribution in [2.75, 3.05) is 38.2 Å². The van der Waals surface area contributed by atoms with Gasteiger partial charge in [-0.1, -0.05) is 0 Å². The summed E-state index contributed by atoms with van der Waals surface area (Å²) in [5.41, 5.74) is 0.721. The van der Waals surface area contributed by atoms with Crippen LogP contribution in [0.3, 0.4) is 0 Å². The van der Waals surface area contributed by atoms with Crippen LogP contribution in [-0.4, -0.2) is 70.7 Å². The molecule has 1 aromatic rings. The number of rotatable bonds is 4. The molecule has 2 aliphatic rings. The zero-order chi connectivity index (χ0) is 22.1. The summed E-state index contributed by atoms with van der Waals surface area (Å²) < 4.78 is 33.8.